The van der Waals surface area contributed by atoms with Crippen molar-refractivity contribution in [1.82, 2.24) is 25.1 Å². The number of amides is 2. The zero-order chi connectivity index (χ0) is 41.9. The number of hydrogen-bond acceptors (Lipinski definition) is 13. The van der Waals surface area contributed by atoms with E-state index >= 15 is 0 Å². The SMILES string of the molecule is BrC1=CN=[C+]S1.C1=C(c2cncs2)CNCC1.CC(C)(C)OC(=O)N1CCC=C(B2OC(C)(C)C(C)(C)O2)C1.CC(C)(C)OC(=O)N1CCCC(c2cncs2)C1. The van der Waals surface area contributed by atoms with E-state index in [1.54, 1.807) is 33.8 Å². The predicted molar refractivity (Wildman–Crippen MR) is 238 cm³/mol. The molecule has 1 N–H and O–H groups in total. The first-order valence-electron chi connectivity index (χ1n) is 19.4. The van der Waals surface area contributed by atoms with Gasteiger partial charge in [-0.2, -0.15) is 0 Å². The Morgan fingerprint density at radius 3 is 2.09 bits per heavy atom. The second-order valence-electron chi connectivity index (χ2n) is 17.0. The van der Waals surface area contributed by atoms with Gasteiger partial charge in [0.15, 0.2) is 10.0 Å². The number of rotatable bonds is 3. The number of piperidine rings is 1. The quantitative estimate of drug-likeness (QED) is 0.235. The van der Waals surface area contributed by atoms with E-state index in [4.69, 9.17) is 18.8 Å². The smallest absolute Gasteiger partial charge is 0.444 e. The number of carbonyl (C=O) groups excluding carboxylic acids is 2. The summed E-state index contributed by atoms with van der Waals surface area (Å²) < 4.78 is 24.0. The van der Waals surface area contributed by atoms with Crippen molar-refractivity contribution in [3.63, 3.8) is 0 Å². The van der Waals surface area contributed by atoms with Gasteiger partial charge in [0.05, 0.1) is 27.1 Å². The lowest BCUT2D eigenvalue weighted by atomic mass is 9.76. The molecular formula is C40H59BBrN6O6S3+. The second kappa shape index (κ2) is 21.1. The van der Waals surface area contributed by atoms with Crippen molar-refractivity contribution in [3.8, 4) is 0 Å². The third-order valence-corrected chi connectivity index (χ3v) is 12.4. The van der Waals surface area contributed by atoms with Crippen molar-refractivity contribution in [3.05, 3.63) is 60.8 Å². The molecule has 0 radical (unpaired) electrons. The number of thiazole rings is 2. The Morgan fingerprint density at radius 1 is 0.930 bits per heavy atom. The van der Waals surface area contributed by atoms with Gasteiger partial charge < -0.3 is 33.9 Å². The van der Waals surface area contributed by atoms with Crippen LogP contribution in [-0.4, -0.2) is 106 Å². The van der Waals surface area contributed by atoms with E-state index in [1.165, 1.54) is 27.1 Å². The fourth-order valence-corrected chi connectivity index (χ4v) is 7.96. The first-order valence-corrected chi connectivity index (χ1v) is 22.7. The summed E-state index contributed by atoms with van der Waals surface area (Å²) in [4.78, 5) is 42.2. The Bertz CT molecular complexity index is 1700. The fraction of sp³-hybridized carbons (Fsp3) is 0.625. The molecule has 312 valence electrons. The maximum absolute atomic E-state index is 12.2. The van der Waals surface area contributed by atoms with Crippen molar-refractivity contribution in [2.75, 3.05) is 39.3 Å². The molecule has 1 atom stereocenters. The molecule has 2 aromatic heterocycles. The molecule has 5 aliphatic rings. The van der Waals surface area contributed by atoms with Crippen LogP contribution in [0.1, 0.15) is 111 Å². The van der Waals surface area contributed by atoms with Gasteiger partial charge in [0.1, 0.15) is 23.0 Å². The molecule has 1 unspecified atom stereocenters. The third kappa shape index (κ3) is 15.5. The van der Waals surface area contributed by atoms with E-state index in [0.29, 0.717) is 19.0 Å². The minimum Gasteiger partial charge on any atom is -0.444 e. The van der Waals surface area contributed by atoms with Crippen molar-refractivity contribution >= 4 is 80.8 Å². The molecular weight excluding hydrogens is 847 g/mol. The lowest BCUT2D eigenvalue weighted by molar-refractivity contribution is 0.00578. The van der Waals surface area contributed by atoms with Crippen LogP contribution in [0.5, 0.6) is 0 Å². The molecule has 0 aromatic carbocycles. The van der Waals surface area contributed by atoms with Crippen LogP contribution in [0, 0.1) is 0 Å². The number of nitrogens with zero attached hydrogens (tertiary/aromatic N) is 5. The summed E-state index contributed by atoms with van der Waals surface area (Å²) >= 11 is 8.04. The average molecular weight is 907 g/mol. The van der Waals surface area contributed by atoms with Gasteiger partial charge in [-0.3, -0.25) is 9.97 Å². The Labute approximate surface area is 360 Å². The first-order chi connectivity index (χ1) is 26.7. The third-order valence-electron chi connectivity index (χ3n) is 9.45. The lowest BCUT2D eigenvalue weighted by Crippen LogP contribution is -2.42. The Morgan fingerprint density at radius 2 is 1.58 bits per heavy atom. The maximum Gasteiger partial charge on any atom is 0.492 e. The summed E-state index contributed by atoms with van der Waals surface area (Å²) in [7, 11) is -0.393. The van der Waals surface area contributed by atoms with Crippen LogP contribution < -0.4 is 5.32 Å². The number of aliphatic imine (C=N–C) groups is 1. The van der Waals surface area contributed by atoms with Crippen molar-refractivity contribution in [1.29, 1.82) is 0 Å². The summed E-state index contributed by atoms with van der Waals surface area (Å²) in [6.07, 6.45) is 13.6. The molecule has 7 heterocycles. The predicted octanol–water partition coefficient (Wildman–Crippen LogP) is 9.79. The molecule has 2 saturated heterocycles. The molecule has 17 heteroatoms. The second-order valence-corrected chi connectivity index (χ2v) is 21.1. The normalized spacial score (nSPS) is 21.2. The number of aromatic nitrogens is 2. The molecule has 2 aromatic rings. The maximum atomic E-state index is 12.2. The molecule has 12 nitrogen and oxygen atoms in total. The first kappa shape index (κ1) is 47.1. The molecule has 0 saturated carbocycles. The summed E-state index contributed by atoms with van der Waals surface area (Å²) in [6, 6.07) is 0. The van der Waals surface area contributed by atoms with Crippen LogP contribution in [0.2, 0.25) is 0 Å². The van der Waals surface area contributed by atoms with Crippen LogP contribution in [0.3, 0.4) is 0 Å². The van der Waals surface area contributed by atoms with E-state index in [0.717, 1.165) is 61.1 Å². The highest BCUT2D eigenvalue weighted by Crippen LogP contribution is 2.39. The van der Waals surface area contributed by atoms with Gasteiger partial charge >= 0.3 is 19.3 Å². The topological polar surface area (TPSA) is 128 Å². The van der Waals surface area contributed by atoms with Gasteiger partial charge in [-0.15, -0.1) is 22.7 Å². The Balaban J connectivity index is 0.000000183. The summed E-state index contributed by atoms with van der Waals surface area (Å²) in [5.41, 5.74) is 7.16. The average Bonchev–Trinajstić information content (AvgIpc) is 3.98. The number of nitrogens with one attached hydrogen (secondary N) is 1. The minimum atomic E-state index is -0.483. The van der Waals surface area contributed by atoms with Crippen molar-refractivity contribution in [2.45, 2.75) is 123 Å². The number of hydrogen-bond donors (Lipinski definition) is 1. The molecule has 57 heavy (non-hydrogen) atoms. The summed E-state index contributed by atoms with van der Waals surface area (Å²) in [5, 5.41) is 3.33. The van der Waals surface area contributed by atoms with E-state index < -0.39 is 18.3 Å². The van der Waals surface area contributed by atoms with E-state index in [9.17, 15) is 9.59 Å². The van der Waals surface area contributed by atoms with E-state index in [1.807, 2.05) is 97.6 Å². The van der Waals surface area contributed by atoms with Crippen LogP contribution in [0.25, 0.3) is 5.57 Å². The molecule has 5 aliphatic heterocycles. The molecule has 2 fully saturated rings. The zero-order valence-corrected chi connectivity index (χ0v) is 39.1. The Kier molecular flexibility index (Phi) is 17.4. The molecule has 0 bridgehead atoms. The monoisotopic (exact) mass is 905 g/mol. The van der Waals surface area contributed by atoms with Gasteiger partial charge in [-0.1, -0.05) is 12.2 Å². The van der Waals surface area contributed by atoms with Gasteiger partial charge in [0.2, 0.25) is 0 Å². The van der Waals surface area contributed by atoms with Gasteiger partial charge in [-0.05, 0) is 133 Å². The van der Waals surface area contributed by atoms with Crippen molar-refractivity contribution in [2.24, 2.45) is 4.99 Å². The van der Waals surface area contributed by atoms with E-state index in [-0.39, 0.29) is 23.4 Å². The molecule has 7 rings (SSSR count). The van der Waals surface area contributed by atoms with Crippen LogP contribution >= 0.6 is 50.4 Å². The lowest BCUT2D eigenvalue weighted by Gasteiger charge is -2.33. The standard InChI is InChI=1S/C16H28BNO4.C13H20N2O2S.C8H10N2S.C3HBrNS/c1-14(2,3)20-13(19)18-10-8-9-12(11-18)17-21-15(4,5)16(6,7)22-17;1-13(2,3)17-12(16)15-6-4-5-10(8-15)11-7-14-9-18-11;1-2-7(4-9-3-1)8-5-10-6-11-8;4-3-1-5-2-6-3/h9H,8,10-11H2,1-7H3;7,9-10H,4-6,8H2,1-3H3;2,5-6,9H,1,3-4H2;1H/q;;;+1. The van der Waals surface area contributed by atoms with Gasteiger partial charge in [0, 0.05) is 55.9 Å². The number of ether oxygens (including phenoxy) is 2. The van der Waals surface area contributed by atoms with Gasteiger partial charge in [0.25, 0.3) is 5.55 Å². The Hall–Kier alpha value is -2.63. The van der Waals surface area contributed by atoms with E-state index in [2.05, 4.69) is 53.9 Å². The fourth-order valence-electron chi connectivity index (χ4n) is 5.93. The number of likely N-dealkylation sites (tertiary alicyclic amines) is 1. The minimum absolute atomic E-state index is 0.197. The zero-order valence-electron chi connectivity index (χ0n) is 35.1. The van der Waals surface area contributed by atoms with Gasteiger partial charge in [-0.25, -0.2) is 9.59 Å². The summed E-state index contributed by atoms with van der Waals surface area (Å²) in [5.74, 6) is 0.416. The highest BCUT2D eigenvalue weighted by molar-refractivity contribution is 9.14. The highest BCUT2D eigenvalue weighted by atomic mass is 79.9. The molecule has 2 amide bonds. The van der Waals surface area contributed by atoms with Crippen LogP contribution in [0.4, 0.5) is 9.59 Å². The van der Waals surface area contributed by atoms with Crippen LogP contribution in [0.15, 0.2) is 56.0 Å². The number of carbonyl (C=O) groups is 2. The molecule has 0 spiro atoms. The highest BCUT2D eigenvalue weighted by Gasteiger charge is 2.52. The molecule has 0 aliphatic carbocycles. The largest absolute Gasteiger partial charge is 0.492 e. The van der Waals surface area contributed by atoms with Crippen LogP contribution in [-0.2, 0) is 18.8 Å². The number of thioether (sulfide) groups is 1. The summed E-state index contributed by atoms with van der Waals surface area (Å²) in [6.45, 7) is 24.3. The van der Waals surface area contributed by atoms with Crippen molar-refractivity contribution < 1.29 is 28.4 Å². The number of halogens is 1.